The van der Waals surface area contributed by atoms with Crippen molar-refractivity contribution in [3.8, 4) is 0 Å². The van der Waals surface area contributed by atoms with Gasteiger partial charge in [0.25, 0.3) is 0 Å². The van der Waals surface area contributed by atoms with Gasteiger partial charge in [0.2, 0.25) is 0 Å². The number of amides is 2. The van der Waals surface area contributed by atoms with E-state index >= 15 is 0 Å². The number of furan rings is 1. The average Bonchev–Trinajstić information content (AvgIpc) is 2.98. The quantitative estimate of drug-likeness (QED) is 0.792. The lowest BCUT2D eigenvalue weighted by Crippen LogP contribution is -2.49. The van der Waals surface area contributed by atoms with Crippen molar-refractivity contribution in [2.75, 3.05) is 6.54 Å². The Balaban J connectivity index is 1.84. The summed E-state index contributed by atoms with van der Waals surface area (Å²) in [4.78, 5) is 11.9. The largest absolute Gasteiger partial charge is 0.466 e. The third-order valence-electron chi connectivity index (χ3n) is 4.21. The van der Waals surface area contributed by atoms with E-state index in [2.05, 4.69) is 24.5 Å². The highest BCUT2D eigenvalue weighted by molar-refractivity contribution is 5.74. The summed E-state index contributed by atoms with van der Waals surface area (Å²) in [6.45, 7) is 6.07. The summed E-state index contributed by atoms with van der Waals surface area (Å²) < 4.78 is 5.18. The SMILES string of the molecule is CC(O)(CNC(=O)NC1CCCC1(C)C)c1ccco1. The van der Waals surface area contributed by atoms with Crippen LogP contribution >= 0.6 is 0 Å². The molecule has 1 saturated carbocycles. The van der Waals surface area contributed by atoms with E-state index in [4.69, 9.17) is 4.42 Å². The summed E-state index contributed by atoms with van der Waals surface area (Å²) in [6.07, 6.45) is 4.78. The maximum absolute atomic E-state index is 11.9. The van der Waals surface area contributed by atoms with Gasteiger partial charge in [-0.1, -0.05) is 20.3 Å². The Hall–Kier alpha value is -1.49. The molecule has 2 amide bonds. The second kappa shape index (κ2) is 5.48. The first-order valence-corrected chi connectivity index (χ1v) is 7.12. The number of hydrogen-bond acceptors (Lipinski definition) is 3. The molecule has 1 fully saturated rings. The lowest BCUT2D eigenvalue weighted by Gasteiger charge is -2.28. The maximum Gasteiger partial charge on any atom is 0.315 e. The number of nitrogens with one attached hydrogen (secondary N) is 2. The van der Waals surface area contributed by atoms with Gasteiger partial charge < -0.3 is 20.2 Å². The monoisotopic (exact) mass is 280 g/mol. The van der Waals surface area contributed by atoms with Crippen molar-refractivity contribution >= 4 is 6.03 Å². The summed E-state index contributed by atoms with van der Waals surface area (Å²) in [7, 11) is 0. The molecule has 2 rings (SSSR count). The molecule has 1 aromatic heterocycles. The molecule has 0 saturated heterocycles. The highest BCUT2D eigenvalue weighted by Gasteiger charge is 2.35. The van der Waals surface area contributed by atoms with Crippen LogP contribution in [0.2, 0.25) is 0 Å². The topological polar surface area (TPSA) is 74.5 Å². The summed E-state index contributed by atoms with van der Waals surface area (Å²) >= 11 is 0. The third kappa shape index (κ3) is 3.33. The molecule has 1 heterocycles. The summed E-state index contributed by atoms with van der Waals surface area (Å²) in [5.74, 6) is 0.444. The molecular weight excluding hydrogens is 256 g/mol. The van der Waals surface area contributed by atoms with E-state index in [1.807, 2.05) is 0 Å². The molecule has 1 aliphatic rings. The van der Waals surface area contributed by atoms with E-state index < -0.39 is 5.60 Å². The number of aliphatic hydroxyl groups is 1. The van der Waals surface area contributed by atoms with E-state index in [-0.39, 0.29) is 24.0 Å². The lowest BCUT2D eigenvalue weighted by atomic mass is 9.87. The van der Waals surface area contributed by atoms with Gasteiger partial charge in [-0.2, -0.15) is 0 Å². The smallest absolute Gasteiger partial charge is 0.315 e. The van der Waals surface area contributed by atoms with Crippen LogP contribution in [0.3, 0.4) is 0 Å². The van der Waals surface area contributed by atoms with Crippen molar-refractivity contribution < 1.29 is 14.3 Å². The second-order valence-electron chi connectivity index (χ2n) is 6.51. The normalized spacial score (nSPS) is 24.1. The minimum atomic E-state index is -1.20. The summed E-state index contributed by atoms with van der Waals surface area (Å²) in [5.41, 5.74) is -1.06. The molecule has 0 radical (unpaired) electrons. The van der Waals surface area contributed by atoms with Gasteiger partial charge in [-0.05, 0) is 37.3 Å². The third-order valence-corrected chi connectivity index (χ3v) is 4.21. The zero-order chi connectivity index (χ0) is 14.8. The van der Waals surface area contributed by atoms with Crippen molar-refractivity contribution in [2.24, 2.45) is 5.41 Å². The zero-order valence-electron chi connectivity index (χ0n) is 12.4. The number of rotatable bonds is 4. The Labute approximate surface area is 119 Å². The average molecular weight is 280 g/mol. The molecule has 0 aromatic carbocycles. The van der Waals surface area contributed by atoms with Gasteiger partial charge in [0.05, 0.1) is 12.8 Å². The predicted octanol–water partition coefficient (Wildman–Crippen LogP) is 2.37. The minimum absolute atomic E-state index is 0.111. The Morgan fingerprint density at radius 1 is 1.60 bits per heavy atom. The fourth-order valence-electron chi connectivity index (χ4n) is 2.73. The van der Waals surface area contributed by atoms with Crippen LogP contribution in [0, 0.1) is 5.41 Å². The Morgan fingerprint density at radius 2 is 2.35 bits per heavy atom. The number of urea groups is 1. The molecule has 112 valence electrons. The van der Waals surface area contributed by atoms with Crippen molar-refractivity contribution in [3.05, 3.63) is 24.2 Å². The van der Waals surface area contributed by atoms with Crippen molar-refractivity contribution in [1.82, 2.24) is 10.6 Å². The van der Waals surface area contributed by atoms with Crippen LogP contribution in [0.4, 0.5) is 4.79 Å². The maximum atomic E-state index is 11.9. The first kappa shape index (κ1) is 14.9. The van der Waals surface area contributed by atoms with E-state index in [1.165, 1.54) is 6.26 Å². The van der Waals surface area contributed by atoms with Crippen molar-refractivity contribution in [3.63, 3.8) is 0 Å². The minimum Gasteiger partial charge on any atom is -0.466 e. The molecule has 3 N–H and O–H groups in total. The van der Waals surface area contributed by atoms with Crippen molar-refractivity contribution in [2.45, 2.75) is 51.7 Å². The molecule has 0 spiro atoms. The van der Waals surface area contributed by atoms with Gasteiger partial charge in [0, 0.05) is 6.04 Å². The van der Waals surface area contributed by atoms with Gasteiger partial charge in [0.1, 0.15) is 11.4 Å². The number of carbonyl (C=O) groups is 1. The van der Waals surface area contributed by atoms with Crippen LogP contribution in [-0.2, 0) is 5.60 Å². The molecule has 0 aliphatic heterocycles. The highest BCUT2D eigenvalue weighted by atomic mass is 16.4. The van der Waals surface area contributed by atoms with Crippen LogP contribution < -0.4 is 10.6 Å². The Kier molecular flexibility index (Phi) is 4.09. The lowest BCUT2D eigenvalue weighted by molar-refractivity contribution is 0.0365. The van der Waals surface area contributed by atoms with Gasteiger partial charge in [-0.3, -0.25) is 0 Å². The van der Waals surface area contributed by atoms with Crippen molar-refractivity contribution in [1.29, 1.82) is 0 Å². The van der Waals surface area contributed by atoms with Gasteiger partial charge in [-0.25, -0.2) is 4.79 Å². The molecule has 2 atom stereocenters. The van der Waals surface area contributed by atoms with Crippen LogP contribution in [-0.4, -0.2) is 23.7 Å². The Morgan fingerprint density at radius 3 is 2.90 bits per heavy atom. The fraction of sp³-hybridized carbons (Fsp3) is 0.667. The Bertz CT molecular complexity index is 452. The zero-order valence-corrected chi connectivity index (χ0v) is 12.4. The predicted molar refractivity (Wildman–Crippen MR) is 76.2 cm³/mol. The molecule has 1 aromatic rings. The van der Waals surface area contributed by atoms with E-state index in [0.29, 0.717) is 5.76 Å². The second-order valence-corrected chi connectivity index (χ2v) is 6.51. The molecule has 2 unspecified atom stereocenters. The van der Waals surface area contributed by atoms with Gasteiger partial charge in [-0.15, -0.1) is 0 Å². The first-order chi connectivity index (χ1) is 9.31. The van der Waals surface area contributed by atoms with E-state index in [9.17, 15) is 9.90 Å². The summed E-state index contributed by atoms with van der Waals surface area (Å²) in [6, 6.07) is 3.36. The van der Waals surface area contributed by atoms with Crippen LogP contribution in [0.1, 0.15) is 45.8 Å². The molecular formula is C15H24N2O3. The van der Waals surface area contributed by atoms with Crippen LogP contribution in [0.5, 0.6) is 0 Å². The highest BCUT2D eigenvalue weighted by Crippen LogP contribution is 2.37. The molecule has 20 heavy (non-hydrogen) atoms. The molecule has 5 heteroatoms. The fourth-order valence-corrected chi connectivity index (χ4v) is 2.73. The number of hydrogen-bond donors (Lipinski definition) is 3. The molecule has 5 nitrogen and oxygen atoms in total. The standard InChI is InChI=1S/C15H24N2O3/c1-14(2)8-4-6-11(14)17-13(18)16-10-15(3,19)12-7-5-9-20-12/h5,7,9,11,19H,4,6,8,10H2,1-3H3,(H2,16,17,18). The van der Waals surface area contributed by atoms with E-state index in [0.717, 1.165) is 19.3 Å². The van der Waals surface area contributed by atoms with Crippen LogP contribution in [0.25, 0.3) is 0 Å². The molecule has 1 aliphatic carbocycles. The number of carbonyl (C=O) groups excluding carboxylic acids is 1. The van der Waals surface area contributed by atoms with Gasteiger partial charge >= 0.3 is 6.03 Å². The first-order valence-electron chi connectivity index (χ1n) is 7.12. The summed E-state index contributed by atoms with van der Waals surface area (Å²) in [5, 5.41) is 16.0. The van der Waals surface area contributed by atoms with E-state index in [1.54, 1.807) is 19.1 Å². The van der Waals surface area contributed by atoms with Crippen LogP contribution in [0.15, 0.2) is 22.8 Å². The van der Waals surface area contributed by atoms with Gasteiger partial charge in [0.15, 0.2) is 0 Å². The molecule has 0 bridgehead atoms.